The van der Waals surface area contributed by atoms with E-state index in [0.717, 1.165) is 22.0 Å². The Kier molecular flexibility index (Phi) is 7.50. The van der Waals surface area contributed by atoms with Crippen molar-refractivity contribution in [2.45, 2.75) is 33.2 Å². The highest BCUT2D eigenvalue weighted by molar-refractivity contribution is 9.10. The van der Waals surface area contributed by atoms with Crippen molar-refractivity contribution < 1.29 is 14.3 Å². The molecule has 2 aromatic carbocycles. The van der Waals surface area contributed by atoms with Gasteiger partial charge in [0.25, 0.3) is 0 Å². The molecule has 30 heavy (non-hydrogen) atoms. The van der Waals surface area contributed by atoms with Crippen molar-refractivity contribution in [2.75, 3.05) is 13.2 Å². The fourth-order valence-corrected chi connectivity index (χ4v) is 4.15. The van der Waals surface area contributed by atoms with Crippen LogP contribution in [0.4, 0.5) is 0 Å². The van der Waals surface area contributed by atoms with Crippen LogP contribution in [0.15, 0.2) is 52.5 Å². The van der Waals surface area contributed by atoms with E-state index in [2.05, 4.69) is 33.5 Å². The lowest BCUT2D eigenvalue weighted by molar-refractivity contribution is -0.113. The van der Waals surface area contributed by atoms with Gasteiger partial charge in [0.05, 0.1) is 25.0 Å². The third-order valence-electron chi connectivity index (χ3n) is 4.65. The molecule has 1 atom stereocenters. The first-order valence-corrected chi connectivity index (χ1v) is 11.1. The lowest BCUT2D eigenvalue weighted by Crippen LogP contribution is -2.44. The summed E-state index contributed by atoms with van der Waals surface area (Å²) in [5, 5.41) is 6.88. The van der Waals surface area contributed by atoms with Gasteiger partial charge in [-0.15, -0.1) is 0 Å². The molecule has 158 valence electrons. The van der Waals surface area contributed by atoms with Crippen LogP contribution in [-0.4, -0.2) is 24.1 Å². The smallest absolute Gasteiger partial charge is 0.171 e. The predicted octanol–water partition coefficient (Wildman–Crippen LogP) is 5.16. The highest BCUT2D eigenvalue weighted by Crippen LogP contribution is 2.41. The van der Waals surface area contributed by atoms with E-state index in [1.165, 1.54) is 0 Å². The molecule has 0 radical (unpaired) electrons. The van der Waals surface area contributed by atoms with E-state index in [4.69, 9.17) is 21.7 Å². The van der Waals surface area contributed by atoms with Gasteiger partial charge in [-0.25, -0.2) is 0 Å². The monoisotopic (exact) mass is 488 g/mol. The molecule has 1 heterocycles. The van der Waals surface area contributed by atoms with Gasteiger partial charge in [0.2, 0.25) is 0 Å². The number of thiocarbonyl (C=S) groups is 1. The molecule has 0 aromatic heterocycles. The maximum atomic E-state index is 12.8. The van der Waals surface area contributed by atoms with Gasteiger partial charge >= 0.3 is 0 Å². The molecule has 0 spiro atoms. The van der Waals surface area contributed by atoms with Crippen LogP contribution in [0.2, 0.25) is 0 Å². The Morgan fingerprint density at radius 3 is 2.47 bits per heavy atom. The molecule has 0 fully saturated rings. The molecule has 0 aliphatic carbocycles. The number of nitrogens with one attached hydrogen (secondary N) is 2. The zero-order valence-corrected chi connectivity index (χ0v) is 19.7. The van der Waals surface area contributed by atoms with Crippen LogP contribution in [0, 0.1) is 0 Å². The lowest BCUT2D eigenvalue weighted by atomic mass is 9.90. The van der Waals surface area contributed by atoms with E-state index < -0.39 is 6.04 Å². The molecule has 1 aliphatic heterocycles. The standard InChI is InChI=1S/C23H25BrN2O3S/c1-4-11-29-19-13-17(24)16(12-18(19)28-5-2)22-20(14(3)27)21(25-23(30)26-22)15-9-7-6-8-10-15/h6-10,12-13,22H,4-5,11H2,1-3H3,(H2,25,26,30). The topological polar surface area (TPSA) is 59.6 Å². The average Bonchev–Trinajstić information content (AvgIpc) is 2.73. The Bertz CT molecular complexity index is 976. The van der Waals surface area contributed by atoms with Gasteiger partial charge in [-0.05, 0) is 55.7 Å². The number of benzene rings is 2. The Morgan fingerprint density at radius 1 is 1.13 bits per heavy atom. The number of carbonyl (C=O) groups excluding carboxylic acids is 1. The Labute approximate surface area is 191 Å². The highest BCUT2D eigenvalue weighted by Gasteiger charge is 2.32. The fraction of sp³-hybridized carbons (Fsp3) is 0.304. The van der Waals surface area contributed by atoms with Crippen LogP contribution in [0.1, 0.15) is 44.4 Å². The highest BCUT2D eigenvalue weighted by atomic mass is 79.9. The minimum absolute atomic E-state index is 0.0440. The van der Waals surface area contributed by atoms with Crippen LogP contribution >= 0.6 is 28.1 Å². The van der Waals surface area contributed by atoms with Gasteiger partial charge in [-0.3, -0.25) is 4.79 Å². The first kappa shape index (κ1) is 22.3. The number of Topliss-reactive ketones (excluding diaryl/α,β-unsaturated/α-hetero) is 1. The number of rotatable bonds is 8. The van der Waals surface area contributed by atoms with Gasteiger partial charge in [0.1, 0.15) is 0 Å². The third-order valence-corrected chi connectivity index (χ3v) is 5.56. The lowest BCUT2D eigenvalue weighted by Gasteiger charge is -2.32. The van der Waals surface area contributed by atoms with Crippen molar-refractivity contribution in [1.82, 2.24) is 10.6 Å². The van der Waals surface area contributed by atoms with Gasteiger partial charge < -0.3 is 20.1 Å². The number of carbonyl (C=O) groups is 1. The quantitative estimate of drug-likeness (QED) is 0.500. The van der Waals surface area contributed by atoms with Crippen LogP contribution in [0.5, 0.6) is 11.5 Å². The Hall–Kier alpha value is -2.38. The summed E-state index contributed by atoms with van der Waals surface area (Å²) in [6.07, 6.45) is 0.896. The number of ether oxygens (including phenoxy) is 2. The van der Waals surface area contributed by atoms with E-state index in [1.54, 1.807) is 6.92 Å². The van der Waals surface area contributed by atoms with Crippen molar-refractivity contribution in [3.05, 3.63) is 63.6 Å². The molecule has 7 heteroatoms. The molecule has 0 saturated carbocycles. The number of hydrogen-bond donors (Lipinski definition) is 2. The molecule has 3 rings (SSSR count). The third kappa shape index (κ3) is 4.84. The van der Waals surface area contributed by atoms with E-state index in [1.807, 2.05) is 49.4 Å². The van der Waals surface area contributed by atoms with E-state index >= 15 is 0 Å². The maximum Gasteiger partial charge on any atom is 0.171 e. The molecular weight excluding hydrogens is 464 g/mol. The van der Waals surface area contributed by atoms with E-state index in [0.29, 0.717) is 41.1 Å². The second-order valence-corrected chi connectivity index (χ2v) is 8.11. The zero-order valence-electron chi connectivity index (χ0n) is 17.3. The molecule has 2 N–H and O–H groups in total. The van der Waals surface area contributed by atoms with Gasteiger partial charge in [0, 0.05) is 10.0 Å². The molecule has 5 nitrogen and oxygen atoms in total. The van der Waals surface area contributed by atoms with Crippen LogP contribution in [0.3, 0.4) is 0 Å². The van der Waals surface area contributed by atoms with Crippen LogP contribution in [-0.2, 0) is 4.79 Å². The molecule has 0 bridgehead atoms. The number of halogens is 1. The molecule has 0 saturated heterocycles. The minimum Gasteiger partial charge on any atom is -0.490 e. The summed E-state index contributed by atoms with van der Waals surface area (Å²) in [4.78, 5) is 12.8. The molecule has 1 aliphatic rings. The van der Waals surface area contributed by atoms with Crippen molar-refractivity contribution >= 4 is 44.7 Å². The first-order valence-electron chi connectivity index (χ1n) is 9.93. The molecule has 2 aromatic rings. The van der Waals surface area contributed by atoms with Crippen molar-refractivity contribution in [3.8, 4) is 11.5 Å². The largest absolute Gasteiger partial charge is 0.490 e. The maximum absolute atomic E-state index is 12.8. The molecule has 0 amide bonds. The Balaban J connectivity index is 2.15. The predicted molar refractivity (Wildman–Crippen MR) is 127 cm³/mol. The van der Waals surface area contributed by atoms with Crippen LogP contribution in [0.25, 0.3) is 5.70 Å². The van der Waals surface area contributed by atoms with E-state index in [-0.39, 0.29) is 5.78 Å². The Morgan fingerprint density at radius 2 is 1.83 bits per heavy atom. The molecular formula is C23H25BrN2O3S. The molecule has 1 unspecified atom stereocenters. The van der Waals surface area contributed by atoms with Crippen molar-refractivity contribution in [2.24, 2.45) is 0 Å². The van der Waals surface area contributed by atoms with E-state index in [9.17, 15) is 4.79 Å². The summed E-state index contributed by atoms with van der Waals surface area (Å²) in [7, 11) is 0. The fourth-order valence-electron chi connectivity index (χ4n) is 3.37. The summed E-state index contributed by atoms with van der Waals surface area (Å²) < 4.78 is 12.5. The van der Waals surface area contributed by atoms with Gasteiger partial charge in [-0.2, -0.15) is 0 Å². The number of ketones is 1. The van der Waals surface area contributed by atoms with Crippen LogP contribution < -0.4 is 20.1 Å². The summed E-state index contributed by atoms with van der Waals surface area (Å²) in [5.74, 6) is 1.26. The van der Waals surface area contributed by atoms with Gasteiger partial charge in [-0.1, -0.05) is 53.2 Å². The summed E-state index contributed by atoms with van der Waals surface area (Å²) in [6, 6.07) is 13.1. The normalized spacial score (nSPS) is 16.0. The van der Waals surface area contributed by atoms with Crippen molar-refractivity contribution in [3.63, 3.8) is 0 Å². The zero-order chi connectivity index (χ0) is 21.7. The van der Waals surface area contributed by atoms with Gasteiger partial charge in [0.15, 0.2) is 22.4 Å². The second-order valence-electron chi connectivity index (χ2n) is 6.84. The first-order chi connectivity index (χ1) is 14.5. The minimum atomic E-state index is -0.430. The number of hydrogen-bond acceptors (Lipinski definition) is 4. The average molecular weight is 489 g/mol. The second kappa shape index (κ2) is 10.1. The van der Waals surface area contributed by atoms with Crippen molar-refractivity contribution in [1.29, 1.82) is 0 Å². The summed E-state index contributed by atoms with van der Waals surface area (Å²) in [5.41, 5.74) is 3.08. The summed E-state index contributed by atoms with van der Waals surface area (Å²) in [6.45, 7) is 6.65. The summed E-state index contributed by atoms with van der Waals surface area (Å²) >= 11 is 9.13. The SMILES string of the molecule is CCCOc1cc(Br)c(C2NC(=S)NC(c3ccccc3)=C2C(C)=O)cc1OCC.